The molecule has 4 heteroatoms. The van der Waals surface area contributed by atoms with Crippen LogP contribution in [-0.4, -0.2) is 28.6 Å². The van der Waals surface area contributed by atoms with Crippen molar-refractivity contribution in [2.45, 2.75) is 52.6 Å². The summed E-state index contributed by atoms with van der Waals surface area (Å²) >= 11 is 0. The lowest BCUT2D eigenvalue weighted by Gasteiger charge is -2.26. The smallest absolute Gasteiger partial charge is 0.223 e. The molecule has 0 radical (unpaired) electrons. The summed E-state index contributed by atoms with van der Waals surface area (Å²) in [6.07, 6.45) is 1.89. The van der Waals surface area contributed by atoms with E-state index in [9.17, 15) is 4.79 Å². The zero-order chi connectivity index (χ0) is 13.5. The fourth-order valence-corrected chi connectivity index (χ4v) is 1.83. The van der Waals surface area contributed by atoms with Crippen molar-refractivity contribution in [1.82, 2.24) is 4.90 Å². The van der Waals surface area contributed by atoms with Crippen LogP contribution in [-0.2, 0) is 11.3 Å². The van der Waals surface area contributed by atoms with Crippen LogP contribution in [0.15, 0.2) is 16.5 Å². The molecule has 0 saturated heterocycles. The highest BCUT2D eigenvalue weighted by molar-refractivity contribution is 5.76. The molecule has 18 heavy (non-hydrogen) atoms. The van der Waals surface area contributed by atoms with Crippen LogP contribution < -0.4 is 0 Å². The lowest BCUT2D eigenvalue weighted by Crippen LogP contribution is -2.36. The number of aliphatic hydroxyl groups excluding tert-OH is 1. The number of carbonyl (C=O) groups is 1. The van der Waals surface area contributed by atoms with E-state index in [1.54, 1.807) is 0 Å². The molecule has 0 unspecified atom stereocenters. The number of furan rings is 1. The predicted octanol–water partition coefficient (Wildman–Crippen LogP) is 2.49. The highest BCUT2D eigenvalue weighted by atomic mass is 16.3. The van der Waals surface area contributed by atoms with Gasteiger partial charge in [0.25, 0.3) is 0 Å². The molecule has 4 nitrogen and oxygen atoms in total. The van der Waals surface area contributed by atoms with Crippen molar-refractivity contribution in [3.8, 4) is 0 Å². The molecule has 1 aromatic rings. The number of aliphatic hydroxyl groups is 1. The fraction of sp³-hybridized carbons (Fsp3) is 0.643. The Bertz CT molecular complexity index is 371. The van der Waals surface area contributed by atoms with Crippen molar-refractivity contribution in [3.63, 3.8) is 0 Å². The van der Waals surface area contributed by atoms with Crippen LogP contribution >= 0.6 is 0 Å². The molecular weight excluding hydrogens is 230 g/mol. The number of amides is 1. The summed E-state index contributed by atoms with van der Waals surface area (Å²) in [7, 11) is 0. The van der Waals surface area contributed by atoms with Gasteiger partial charge in [0.15, 0.2) is 0 Å². The Hall–Kier alpha value is -1.29. The van der Waals surface area contributed by atoms with Crippen molar-refractivity contribution in [2.75, 3.05) is 6.61 Å². The third-order valence-electron chi connectivity index (χ3n) is 2.86. The second kappa shape index (κ2) is 7.21. The van der Waals surface area contributed by atoms with E-state index in [2.05, 4.69) is 0 Å². The Balaban J connectivity index is 2.56. The first kappa shape index (κ1) is 14.8. The standard InChI is InChI=1S/C14H23NO3/c1-11(2)15(14(17)6-4-5-9-16)10-13-8-7-12(3)18-13/h7-8,11,16H,4-6,9-10H2,1-3H3. The Kier molecular flexibility index (Phi) is 5.92. The van der Waals surface area contributed by atoms with Gasteiger partial charge in [0.1, 0.15) is 11.5 Å². The van der Waals surface area contributed by atoms with Crippen molar-refractivity contribution >= 4 is 5.91 Å². The number of carbonyl (C=O) groups excluding carboxylic acids is 1. The maximum atomic E-state index is 12.1. The Labute approximate surface area is 109 Å². The molecule has 1 N–H and O–H groups in total. The van der Waals surface area contributed by atoms with Gasteiger partial charge >= 0.3 is 0 Å². The summed E-state index contributed by atoms with van der Waals surface area (Å²) in [5, 5.41) is 8.72. The average Bonchev–Trinajstić information content (AvgIpc) is 2.71. The van der Waals surface area contributed by atoms with Crippen LogP contribution in [0.2, 0.25) is 0 Å². The summed E-state index contributed by atoms with van der Waals surface area (Å²) in [5.41, 5.74) is 0. The van der Waals surface area contributed by atoms with Crippen LogP contribution in [0.3, 0.4) is 0 Å². The first-order valence-electron chi connectivity index (χ1n) is 6.50. The van der Waals surface area contributed by atoms with Crippen LogP contribution in [0.1, 0.15) is 44.6 Å². The van der Waals surface area contributed by atoms with Gasteiger partial charge in [0, 0.05) is 19.1 Å². The summed E-state index contributed by atoms with van der Waals surface area (Å²) in [4.78, 5) is 13.9. The van der Waals surface area contributed by atoms with Crippen LogP contribution in [0.4, 0.5) is 0 Å². The Morgan fingerprint density at radius 1 is 1.39 bits per heavy atom. The molecule has 1 amide bonds. The molecule has 1 aromatic heterocycles. The van der Waals surface area contributed by atoms with Gasteiger partial charge in [0.05, 0.1) is 6.54 Å². The molecule has 0 bridgehead atoms. The second-order valence-electron chi connectivity index (χ2n) is 4.81. The minimum absolute atomic E-state index is 0.118. The minimum Gasteiger partial charge on any atom is -0.464 e. The summed E-state index contributed by atoms with van der Waals surface area (Å²) in [5.74, 6) is 1.80. The molecule has 1 rings (SSSR count). The highest BCUT2D eigenvalue weighted by Crippen LogP contribution is 2.14. The number of hydrogen-bond acceptors (Lipinski definition) is 3. The number of hydrogen-bond donors (Lipinski definition) is 1. The van der Waals surface area contributed by atoms with Gasteiger partial charge in [-0.3, -0.25) is 4.79 Å². The SMILES string of the molecule is Cc1ccc(CN(C(=O)CCCCO)C(C)C)o1. The zero-order valence-corrected chi connectivity index (χ0v) is 11.5. The predicted molar refractivity (Wildman–Crippen MR) is 70.1 cm³/mol. The van der Waals surface area contributed by atoms with E-state index >= 15 is 0 Å². The van der Waals surface area contributed by atoms with Gasteiger partial charge in [-0.15, -0.1) is 0 Å². The van der Waals surface area contributed by atoms with E-state index in [1.807, 2.05) is 37.8 Å². The van der Waals surface area contributed by atoms with Gasteiger partial charge in [-0.25, -0.2) is 0 Å². The molecule has 0 aliphatic rings. The maximum Gasteiger partial charge on any atom is 0.223 e. The number of rotatable bonds is 7. The minimum atomic E-state index is 0.118. The average molecular weight is 253 g/mol. The molecule has 0 spiro atoms. The summed E-state index contributed by atoms with van der Waals surface area (Å²) < 4.78 is 5.51. The second-order valence-corrected chi connectivity index (χ2v) is 4.81. The monoisotopic (exact) mass is 253 g/mol. The number of nitrogens with zero attached hydrogens (tertiary/aromatic N) is 1. The highest BCUT2D eigenvalue weighted by Gasteiger charge is 2.18. The van der Waals surface area contributed by atoms with E-state index in [0.29, 0.717) is 19.4 Å². The molecule has 0 aromatic carbocycles. The van der Waals surface area contributed by atoms with Gasteiger partial charge in [0.2, 0.25) is 5.91 Å². The third kappa shape index (κ3) is 4.53. The van der Waals surface area contributed by atoms with Crippen LogP contribution in [0, 0.1) is 6.92 Å². The van der Waals surface area contributed by atoms with Crippen molar-refractivity contribution < 1.29 is 14.3 Å². The van der Waals surface area contributed by atoms with Crippen molar-refractivity contribution in [3.05, 3.63) is 23.7 Å². The molecule has 0 atom stereocenters. The summed E-state index contributed by atoms with van der Waals surface area (Å²) in [6, 6.07) is 3.97. The lowest BCUT2D eigenvalue weighted by molar-refractivity contribution is -0.134. The van der Waals surface area contributed by atoms with Crippen LogP contribution in [0.25, 0.3) is 0 Å². The molecule has 0 aliphatic heterocycles. The Morgan fingerprint density at radius 2 is 2.11 bits per heavy atom. The van der Waals surface area contributed by atoms with E-state index in [1.165, 1.54) is 0 Å². The molecule has 0 saturated carbocycles. The van der Waals surface area contributed by atoms with Crippen LogP contribution in [0.5, 0.6) is 0 Å². The number of aryl methyl sites for hydroxylation is 1. The van der Waals surface area contributed by atoms with Gasteiger partial charge in [-0.05, 0) is 45.7 Å². The third-order valence-corrected chi connectivity index (χ3v) is 2.86. The fourth-order valence-electron chi connectivity index (χ4n) is 1.83. The number of unbranched alkanes of at least 4 members (excludes halogenated alkanes) is 1. The summed E-state index contributed by atoms with van der Waals surface area (Å²) in [6.45, 7) is 6.56. The van der Waals surface area contributed by atoms with E-state index in [4.69, 9.17) is 9.52 Å². The molecule has 0 fully saturated rings. The zero-order valence-electron chi connectivity index (χ0n) is 11.5. The first-order chi connectivity index (χ1) is 8.54. The molecule has 0 aliphatic carbocycles. The van der Waals surface area contributed by atoms with E-state index in [-0.39, 0.29) is 18.6 Å². The van der Waals surface area contributed by atoms with E-state index in [0.717, 1.165) is 17.9 Å². The molecular formula is C14H23NO3. The normalized spacial score (nSPS) is 10.9. The quantitative estimate of drug-likeness (QED) is 0.759. The largest absolute Gasteiger partial charge is 0.464 e. The Morgan fingerprint density at radius 3 is 2.61 bits per heavy atom. The van der Waals surface area contributed by atoms with Gasteiger partial charge in [-0.1, -0.05) is 0 Å². The molecule has 1 heterocycles. The van der Waals surface area contributed by atoms with Crippen molar-refractivity contribution in [1.29, 1.82) is 0 Å². The van der Waals surface area contributed by atoms with Crippen molar-refractivity contribution in [2.24, 2.45) is 0 Å². The van der Waals surface area contributed by atoms with Gasteiger partial charge in [-0.2, -0.15) is 0 Å². The molecule has 102 valence electrons. The van der Waals surface area contributed by atoms with Gasteiger partial charge < -0.3 is 14.4 Å². The lowest BCUT2D eigenvalue weighted by atomic mass is 10.2. The first-order valence-corrected chi connectivity index (χ1v) is 6.50. The maximum absolute atomic E-state index is 12.1. The topological polar surface area (TPSA) is 53.7 Å². The van der Waals surface area contributed by atoms with E-state index < -0.39 is 0 Å².